The Morgan fingerprint density at radius 2 is 1.90 bits per heavy atom. The first kappa shape index (κ1) is 31.2. The molecule has 0 bridgehead atoms. The fourth-order valence-corrected chi connectivity index (χ4v) is 5.23. The van der Waals surface area contributed by atoms with Gasteiger partial charge in [0.25, 0.3) is 5.91 Å². The summed E-state index contributed by atoms with van der Waals surface area (Å²) in [5.74, 6) is -0.113. The summed E-state index contributed by atoms with van der Waals surface area (Å²) in [6, 6.07) is 5.12. The van der Waals surface area contributed by atoms with Crippen LogP contribution in [0, 0.1) is 11.8 Å². The molecule has 2 N–H and O–H groups in total. The highest BCUT2D eigenvalue weighted by molar-refractivity contribution is 5.96. The van der Waals surface area contributed by atoms with Crippen LogP contribution in [0.4, 0.5) is 4.79 Å². The molecule has 2 heterocycles. The predicted octanol–water partition coefficient (Wildman–Crippen LogP) is 3.85. The molecule has 3 rings (SSSR count). The first-order valence-electron chi connectivity index (χ1n) is 14.0. The Morgan fingerprint density at radius 3 is 2.50 bits per heavy atom. The lowest BCUT2D eigenvalue weighted by Gasteiger charge is -2.42. The van der Waals surface area contributed by atoms with Crippen molar-refractivity contribution in [3.8, 4) is 5.75 Å². The minimum absolute atomic E-state index is 0.0899. The third-order valence-electron chi connectivity index (χ3n) is 6.96. The number of para-hydroxylation sites is 1. The smallest absolute Gasteiger partial charge is 0.407 e. The topological polar surface area (TPSA) is 126 Å². The summed E-state index contributed by atoms with van der Waals surface area (Å²) < 4.78 is 12.7. The van der Waals surface area contributed by atoms with Crippen molar-refractivity contribution in [1.29, 1.82) is 0 Å². The Labute approximate surface area is 236 Å². The maximum Gasteiger partial charge on any atom is 0.407 e. The number of hydrogen-bond acceptors (Lipinski definition) is 6. The van der Waals surface area contributed by atoms with E-state index in [4.69, 9.17) is 14.5 Å². The van der Waals surface area contributed by atoms with Crippen LogP contribution in [0.25, 0.3) is 11.0 Å². The molecule has 1 aliphatic heterocycles. The van der Waals surface area contributed by atoms with Crippen LogP contribution in [0.3, 0.4) is 0 Å². The van der Waals surface area contributed by atoms with E-state index in [1.807, 2.05) is 57.4 Å². The highest BCUT2D eigenvalue weighted by Gasteiger charge is 2.40. The number of likely N-dealkylation sites (tertiary alicyclic amines) is 1. The van der Waals surface area contributed by atoms with E-state index >= 15 is 0 Å². The Kier molecular flexibility index (Phi) is 10.4. The summed E-state index contributed by atoms with van der Waals surface area (Å²) in [6.07, 6.45) is 0.864. The lowest BCUT2D eigenvalue weighted by atomic mass is 9.91. The fourth-order valence-electron chi connectivity index (χ4n) is 5.23. The molecule has 1 aliphatic rings. The summed E-state index contributed by atoms with van der Waals surface area (Å²) in [4.78, 5) is 47.3. The third kappa shape index (κ3) is 7.65. The number of rotatable bonds is 11. The van der Waals surface area contributed by atoms with Crippen LogP contribution in [-0.4, -0.2) is 94.4 Å². The molecule has 11 heteroatoms. The van der Waals surface area contributed by atoms with Gasteiger partial charge in [-0.2, -0.15) is 0 Å². The zero-order valence-corrected chi connectivity index (χ0v) is 24.9. The number of ether oxygens (including phenoxy) is 2. The molecule has 2 atom stereocenters. The van der Waals surface area contributed by atoms with Crippen LogP contribution in [0.1, 0.15) is 64.5 Å². The molecule has 1 aromatic heterocycles. The van der Waals surface area contributed by atoms with Gasteiger partial charge < -0.3 is 34.3 Å². The van der Waals surface area contributed by atoms with Gasteiger partial charge in [0.1, 0.15) is 11.3 Å². The predicted molar refractivity (Wildman–Crippen MR) is 153 cm³/mol. The lowest BCUT2D eigenvalue weighted by Crippen LogP contribution is -2.58. The molecule has 1 saturated heterocycles. The summed E-state index contributed by atoms with van der Waals surface area (Å²) >= 11 is 0. The van der Waals surface area contributed by atoms with Crippen molar-refractivity contribution < 1.29 is 29.0 Å². The van der Waals surface area contributed by atoms with Gasteiger partial charge >= 0.3 is 6.09 Å². The minimum atomic E-state index is -1.11. The maximum absolute atomic E-state index is 14.4. The Hall–Kier alpha value is -3.34. The molecule has 0 saturated carbocycles. The number of nitrogens with one attached hydrogen (secondary N) is 1. The normalized spacial score (nSPS) is 17.8. The summed E-state index contributed by atoms with van der Waals surface area (Å²) in [6.45, 7) is 11.5. The number of carbonyl (C=O) groups is 3. The fraction of sp³-hybridized carbons (Fsp3) is 0.655. The van der Waals surface area contributed by atoms with Gasteiger partial charge in [-0.25, -0.2) is 9.78 Å². The minimum Gasteiger partial charge on any atom is -0.494 e. The number of imidazole rings is 1. The standard InChI is InChI=1S/C29H45N5O6/c1-19(2)16-34(21-15-20(17-32(18-21)28(37)38)26(35)31-29(3,4)5)27(36)25-30-24-22(11-10-12-23(24)40-7)33(25)13-8-9-14-39-6/h10-12,19-21H,8-9,13-18H2,1-7H3,(H,31,35)(H,37,38)/t20-,21+/m1/s1. The molecule has 0 radical (unpaired) electrons. The van der Waals surface area contributed by atoms with Crippen LogP contribution in [0.15, 0.2) is 18.2 Å². The number of benzene rings is 1. The van der Waals surface area contributed by atoms with Crippen molar-refractivity contribution in [3.63, 3.8) is 0 Å². The number of methoxy groups -OCH3 is 2. The van der Waals surface area contributed by atoms with Crippen molar-refractivity contribution in [2.24, 2.45) is 11.8 Å². The van der Waals surface area contributed by atoms with Crippen molar-refractivity contribution in [2.75, 3.05) is 40.5 Å². The van der Waals surface area contributed by atoms with E-state index in [1.54, 1.807) is 19.1 Å². The Morgan fingerprint density at radius 1 is 1.18 bits per heavy atom. The molecule has 1 aromatic carbocycles. The molecule has 0 spiro atoms. The number of unbranched alkanes of at least 4 members (excludes halogenated alkanes) is 1. The number of carboxylic acid groups (broad SMARTS) is 1. The molecule has 1 fully saturated rings. The van der Waals surface area contributed by atoms with Crippen molar-refractivity contribution in [3.05, 3.63) is 24.0 Å². The second kappa shape index (κ2) is 13.3. The van der Waals surface area contributed by atoms with Gasteiger partial charge in [0.15, 0.2) is 5.82 Å². The van der Waals surface area contributed by atoms with E-state index in [0.29, 0.717) is 37.4 Å². The number of aryl methyl sites for hydroxylation is 1. The van der Waals surface area contributed by atoms with Crippen molar-refractivity contribution in [2.45, 2.75) is 72.0 Å². The molecule has 11 nitrogen and oxygen atoms in total. The number of aromatic nitrogens is 2. The number of hydrogen-bond donors (Lipinski definition) is 2. The third-order valence-corrected chi connectivity index (χ3v) is 6.96. The van der Waals surface area contributed by atoms with E-state index in [-0.39, 0.29) is 36.6 Å². The summed E-state index contributed by atoms with van der Waals surface area (Å²) in [7, 11) is 3.24. The average Bonchev–Trinajstić information content (AvgIpc) is 3.26. The van der Waals surface area contributed by atoms with Gasteiger partial charge in [0.2, 0.25) is 5.91 Å². The number of piperidine rings is 1. The first-order valence-corrected chi connectivity index (χ1v) is 14.0. The SMILES string of the molecule is COCCCCn1c(C(=O)N(CC(C)C)[C@H]2C[C@@H](C(=O)NC(C)(C)C)CN(C(=O)O)C2)nc2c(OC)cccc21. The van der Waals surface area contributed by atoms with E-state index in [9.17, 15) is 19.5 Å². The van der Waals surface area contributed by atoms with Gasteiger partial charge in [-0.1, -0.05) is 19.9 Å². The van der Waals surface area contributed by atoms with Crippen LogP contribution < -0.4 is 10.1 Å². The van der Waals surface area contributed by atoms with Gasteiger partial charge in [-0.3, -0.25) is 9.59 Å². The van der Waals surface area contributed by atoms with Crippen molar-refractivity contribution >= 4 is 28.9 Å². The molecular formula is C29H45N5O6. The summed E-state index contributed by atoms with van der Waals surface area (Å²) in [5.41, 5.74) is 0.934. The van der Waals surface area contributed by atoms with E-state index in [1.165, 1.54) is 4.90 Å². The largest absolute Gasteiger partial charge is 0.494 e. The molecule has 0 aliphatic carbocycles. The summed E-state index contributed by atoms with van der Waals surface area (Å²) in [5, 5.41) is 12.9. The van der Waals surface area contributed by atoms with Gasteiger partial charge in [0.05, 0.1) is 24.6 Å². The van der Waals surface area contributed by atoms with E-state index < -0.39 is 23.6 Å². The highest BCUT2D eigenvalue weighted by Crippen LogP contribution is 2.29. The second-order valence-corrected chi connectivity index (χ2v) is 12.0. The maximum atomic E-state index is 14.4. The number of amides is 3. The van der Waals surface area contributed by atoms with E-state index in [2.05, 4.69) is 5.32 Å². The zero-order valence-electron chi connectivity index (χ0n) is 24.9. The monoisotopic (exact) mass is 559 g/mol. The van der Waals surface area contributed by atoms with Gasteiger partial charge in [-0.15, -0.1) is 0 Å². The van der Waals surface area contributed by atoms with Crippen LogP contribution in [0.5, 0.6) is 5.75 Å². The van der Waals surface area contributed by atoms with Crippen LogP contribution in [0.2, 0.25) is 0 Å². The van der Waals surface area contributed by atoms with Gasteiger partial charge in [0, 0.05) is 45.4 Å². The zero-order chi connectivity index (χ0) is 29.6. The van der Waals surface area contributed by atoms with Gasteiger partial charge in [-0.05, 0) is 58.1 Å². The molecule has 222 valence electrons. The molecule has 2 aromatic rings. The van der Waals surface area contributed by atoms with Crippen molar-refractivity contribution in [1.82, 2.24) is 24.7 Å². The van der Waals surface area contributed by atoms with Crippen LogP contribution >= 0.6 is 0 Å². The Balaban J connectivity index is 2.03. The molecule has 40 heavy (non-hydrogen) atoms. The lowest BCUT2D eigenvalue weighted by molar-refractivity contribution is -0.128. The molecular weight excluding hydrogens is 514 g/mol. The average molecular weight is 560 g/mol. The number of carbonyl (C=O) groups excluding carboxylic acids is 2. The number of fused-ring (bicyclic) bond motifs is 1. The highest BCUT2D eigenvalue weighted by atomic mass is 16.5. The van der Waals surface area contributed by atoms with Crippen LogP contribution in [-0.2, 0) is 16.1 Å². The number of nitrogens with zero attached hydrogens (tertiary/aromatic N) is 4. The first-order chi connectivity index (χ1) is 18.9. The van der Waals surface area contributed by atoms with E-state index in [0.717, 1.165) is 18.4 Å². The molecule has 3 amide bonds. The Bertz CT molecular complexity index is 1190. The molecule has 0 unspecified atom stereocenters. The second-order valence-electron chi connectivity index (χ2n) is 12.0. The quantitative estimate of drug-likeness (QED) is 0.401.